The number of benzene rings is 1. The first-order valence-corrected chi connectivity index (χ1v) is 18.4. The van der Waals surface area contributed by atoms with Gasteiger partial charge < -0.3 is 47.2 Å². The van der Waals surface area contributed by atoms with Crippen molar-refractivity contribution in [3.63, 3.8) is 0 Å². The Bertz CT molecular complexity index is 1530. The molecule has 2 saturated heterocycles. The molecular weight excluding hydrogens is 702 g/mol. The summed E-state index contributed by atoms with van der Waals surface area (Å²) < 4.78 is 0. The molecule has 0 spiro atoms. The molecule has 3 rings (SSSR count). The number of phenols is 1. The van der Waals surface area contributed by atoms with Crippen molar-refractivity contribution in [2.75, 3.05) is 6.54 Å². The van der Waals surface area contributed by atoms with Crippen LogP contribution in [0.5, 0.6) is 5.75 Å². The summed E-state index contributed by atoms with van der Waals surface area (Å²) in [6, 6.07) is -2.24. The van der Waals surface area contributed by atoms with Gasteiger partial charge in [0.15, 0.2) is 0 Å². The van der Waals surface area contributed by atoms with Crippen LogP contribution < -0.4 is 31.9 Å². The van der Waals surface area contributed by atoms with E-state index in [9.17, 15) is 48.9 Å². The maximum atomic E-state index is 14.2. The number of carboxylic acid groups (broad SMARTS) is 1. The normalized spacial score (nSPS) is 27.5. The number of phenolic OH excluding ortho intramolecular Hbond substituents is 1. The van der Waals surface area contributed by atoms with Crippen LogP contribution >= 0.6 is 0 Å². The summed E-state index contributed by atoms with van der Waals surface area (Å²) in [6.07, 6.45) is -1.73. The fourth-order valence-corrected chi connectivity index (χ4v) is 6.71. The molecule has 0 aromatic heterocycles. The quantitative estimate of drug-likeness (QED) is 0.162. The monoisotopic (exact) mass is 759 g/mol. The molecule has 17 nitrogen and oxygen atoms in total. The first-order chi connectivity index (χ1) is 25.1. The van der Waals surface area contributed by atoms with Crippen LogP contribution in [-0.4, -0.2) is 122 Å². The fraction of sp³-hybridized carbons (Fsp3) is 0.649. The van der Waals surface area contributed by atoms with Gasteiger partial charge in [-0.3, -0.25) is 38.5 Å². The minimum atomic E-state index is -1.66. The van der Waals surface area contributed by atoms with Gasteiger partial charge in [-0.05, 0) is 84.0 Å². The van der Waals surface area contributed by atoms with Gasteiger partial charge in [0.1, 0.15) is 29.9 Å². The second-order valence-corrected chi connectivity index (χ2v) is 15.8. The summed E-state index contributed by atoms with van der Waals surface area (Å²) >= 11 is 0. The fourth-order valence-electron chi connectivity index (χ4n) is 6.71. The Labute approximate surface area is 315 Å². The molecule has 300 valence electrons. The van der Waals surface area contributed by atoms with Gasteiger partial charge in [-0.2, -0.15) is 0 Å². The maximum absolute atomic E-state index is 14.2. The van der Waals surface area contributed by atoms with E-state index >= 15 is 0 Å². The largest absolute Gasteiger partial charge is 0.508 e. The molecule has 1 aromatic carbocycles. The van der Waals surface area contributed by atoms with Gasteiger partial charge in [0, 0.05) is 18.4 Å². The van der Waals surface area contributed by atoms with Crippen LogP contribution in [0.2, 0.25) is 0 Å². The molecule has 0 bridgehead atoms. The summed E-state index contributed by atoms with van der Waals surface area (Å²) in [7, 11) is 0. The number of nitrogens with one attached hydrogen (secondary N) is 6. The number of carboxylic acids is 1. The number of amides is 6. The number of nitrogens with zero attached hydrogens (tertiary/aromatic N) is 1. The molecule has 0 saturated carbocycles. The van der Waals surface area contributed by atoms with E-state index in [1.54, 1.807) is 58.6 Å². The Hall–Kier alpha value is -4.77. The van der Waals surface area contributed by atoms with Crippen molar-refractivity contribution in [2.45, 2.75) is 141 Å². The molecule has 2 aliphatic rings. The number of aromatic hydroxyl groups is 1. The molecule has 0 radical (unpaired) electrons. The predicted molar refractivity (Wildman–Crippen MR) is 197 cm³/mol. The van der Waals surface area contributed by atoms with Crippen LogP contribution in [0.15, 0.2) is 24.3 Å². The lowest BCUT2D eigenvalue weighted by Gasteiger charge is -2.37. The second kappa shape index (κ2) is 19.0. The zero-order valence-corrected chi connectivity index (χ0v) is 32.1. The lowest BCUT2D eigenvalue weighted by Crippen LogP contribution is -2.63. The average Bonchev–Trinajstić information content (AvgIpc) is 3.52. The van der Waals surface area contributed by atoms with E-state index in [0.717, 1.165) is 0 Å². The standard InChI is InChI=1S/C37H57N7O10/c1-19(2)15-25-32(50)41-27(18-30(48)49)34(52)39-24(21(4)45)17-29(47)38-20(3)31(36(54)43-37(5,6)7)44-14-8-9-28(44)35(53)42-26(33(51)40-25)16-22-10-12-23(46)13-11-22/h10-13,19-21,24-28,31,45-46H,8-9,14-18H2,1-7H3,(H,38,47)(H,39,52)(H,40,51)(H,41,50)(H,42,53)(H,43,54)(H,48,49)/t20-,21+,24+,25-,26-,27-,28-,31-/m0/s1. The highest BCUT2D eigenvalue weighted by Gasteiger charge is 2.44. The molecule has 54 heavy (non-hydrogen) atoms. The number of hydrogen-bond acceptors (Lipinski definition) is 10. The van der Waals surface area contributed by atoms with Gasteiger partial charge in [-0.1, -0.05) is 26.0 Å². The zero-order chi connectivity index (χ0) is 40.5. The van der Waals surface area contributed by atoms with Crippen molar-refractivity contribution < 1.29 is 48.9 Å². The summed E-state index contributed by atoms with van der Waals surface area (Å²) in [4.78, 5) is 96.3. The molecule has 6 amide bonds. The van der Waals surface area contributed by atoms with Crippen molar-refractivity contribution in [2.24, 2.45) is 5.92 Å². The molecule has 9 N–H and O–H groups in total. The SMILES string of the molecule is CC(C)C[C@@H]1NC(=O)[C@H](Cc2ccc(O)cc2)NC(=O)[C@@H]2CCCN2[C@H](C(=O)NC(C)(C)C)[C@H](C)NC(=O)C[C@H]([C@@H](C)O)NC(=O)[C@H](CC(=O)O)NC1=O. The van der Waals surface area contributed by atoms with Crippen LogP contribution in [0.4, 0.5) is 0 Å². The number of rotatable bonds is 8. The summed E-state index contributed by atoms with van der Waals surface area (Å²) in [5.41, 5.74) is -0.105. The van der Waals surface area contributed by atoms with Crippen LogP contribution in [0.1, 0.15) is 86.1 Å². The Morgan fingerprint density at radius 1 is 0.870 bits per heavy atom. The number of aliphatic hydroxyl groups excluding tert-OH is 1. The predicted octanol–water partition coefficient (Wildman–Crippen LogP) is -0.568. The van der Waals surface area contributed by atoms with Gasteiger partial charge in [0.05, 0.1) is 30.7 Å². The zero-order valence-electron chi connectivity index (χ0n) is 32.1. The van der Waals surface area contributed by atoms with Crippen molar-refractivity contribution in [1.29, 1.82) is 0 Å². The van der Waals surface area contributed by atoms with Gasteiger partial charge in [0.2, 0.25) is 35.4 Å². The van der Waals surface area contributed by atoms with Crippen molar-refractivity contribution in [1.82, 2.24) is 36.8 Å². The van der Waals surface area contributed by atoms with E-state index < -0.39 is 108 Å². The smallest absolute Gasteiger partial charge is 0.305 e. The third-order valence-electron chi connectivity index (χ3n) is 9.26. The number of carbonyl (C=O) groups excluding carboxylic acids is 6. The Morgan fingerprint density at radius 3 is 2.02 bits per heavy atom. The van der Waals surface area contributed by atoms with Crippen LogP contribution in [0.3, 0.4) is 0 Å². The maximum Gasteiger partial charge on any atom is 0.305 e. The highest BCUT2D eigenvalue weighted by molar-refractivity contribution is 5.96. The number of aliphatic carboxylic acids is 1. The highest BCUT2D eigenvalue weighted by atomic mass is 16.4. The molecular formula is C37H57N7O10. The number of aliphatic hydroxyl groups is 1. The van der Waals surface area contributed by atoms with Crippen LogP contribution in [0.25, 0.3) is 0 Å². The van der Waals surface area contributed by atoms with Crippen molar-refractivity contribution >= 4 is 41.4 Å². The van der Waals surface area contributed by atoms with Gasteiger partial charge in [-0.15, -0.1) is 0 Å². The molecule has 0 unspecified atom stereocenters. The van der Waals surface area contributed by atoms with E-state index in [1.165, 1.54) is 19.1 Å². The van der Waals surface area contributed by atoms with Crippen molar-refractivity contribution in [3.05, 3.63) is 29.8 Å². The molecule has 2 heterocycles. The Balaban J connectivity index is 2.14. The van der Waals surface area contributed by atoms with E-state index in [0.29, 0.717) is 24.9 Å². The third-order valence-corrected chi connectivity index (χ3v) is 9.26. The first kappa shape index (κ1) is 43.6. The highest BCUT2D eigenvalue weighted by Crippen LogP contribution is 2.24. The summed E-state index contributed by atoms with van der Waals surface area (Å²) in [5, 5.41) is 46.1. The van der Waals surface area contributed by atoms with Gasteiger partial charge in [0.25, 0.3) is 0 Å². The van der Waals surface area contributed by atoms with Crippen LogP contribution in [0, 0.1) is 5.92 Å². The minimum absolute atomic E-state index is 0.0106. The van der Waals surface area contributed by atoms with E-state index in [1.807, 2.05) is 0 Å². The first-order valence-electron chi connectivity index (χ1n) is 18.4. The number of fused-ring (bicyclic) bond motifs is 1. The topological polar surface area (TPSA) is 256 Å². The lowest BCUT2D eigenvalue weighted by molar-refractivity contribution is -0.141. The molecule has 1 aromatic rings. The minimum Gasteiger partial charge on any atom is -0.508 e. The third kappa shape index (κ3) is 13.0. The average molecular weight is 760 g/mol. The Morgan fingerprint density at radius 2 is 1.44 bits per heavy atom. The second-order valence-electron chi connectivity index (χ2n) is 15.8. The molecule has 8 atom stereocenters. The Kier molecular flexibility index (Phi) is 15.4. The van der Waals surface area contributed by atoms with Gasteiger partial charge in [-0.25, -0.2) is 0 Å². The molecule has 17 heteroatoms. The summed E-state index contributed by atoms with van der Waals surface area (Å²) in [5.74, 6) is -5.85. The van der Waals surface area contributed by atoms with Crippen molar-refractivity contribution in [3.8, 4) is 5.75 Å². The van der Waals surface area contributed by atoms with E-state index in [2.05, 4.69) is 31.9 Å². The van der Waals surface area contributed by atoms with E-state index in [-0.39, 0.29) is 24.5 Å². The molecule has 2 aliphatic heterocycles. The van der Waals surface area contributed by atoms with Crippen LogP contribution in [-0.2, 0) is 40.0 Å². The number of hydrogen-bond donors (Lipinski definition) is 9. The van der Waals surface area contributed by atoms with Gasteiger partial charge >= 0.3 is 5.97 Å². The number of carbonyl (C=O) groups is 7. The van der Waals surface area contributed by atoms with E-state index in [4.69, 9.17) is 0 Å². The molecule has 2 fully saturated rings. The lowest BCUT2D eigenvalue weighted by atomic mass is 9.99. The molecule has 0 aliphatic carbocycles. The summed E-state index contributed by atoms with van der Waals surface area (Å²) in [6.45, 7) is 12.2.